The molecule has 0 aliphatic heterocycles. The van der Waals surface area contributed by atoms with Crippen LogP contribution < -0.4 is 5.32 Å². The van der Waals surface area contributed by atoms with Crippen LogP contribution in [0.1, 0.15) is 30.4 Å². The maximum atomic E-state index is 13.2. The van der Waals surface area contributed by atoms with E-state index in [0.29, 0.717) is 6.04 Å². The average molecular weight is 256 g/mol. The Hall–Kier alpha value is -1.40. The van der Waals surface area contributed by atoms with E-state index >= 15 is 0 Å². The molecule has 98 valence electrons. The lowest BCUT2D eigenvalue weighted by molar-refractivity contribution is 0.456. The van der Waals surface area contributed by atoms with E-state index in [4.69, 9.17) is 5.26 Å². The molecule has 0 radical (unpaired) electrons. The first-order valence-corrected chi connectivity index (χ1v) is 7.20. The topological polar surface area (TPSA) is 35.8 Å². The van der Waals surface area contributed by atoms with E-state index in [9.17, 15) is 4.39 Å². The zero-order valence-electron chi connectivity index (χ0n) is 10.8. The number of benzene rings is 1. The lowest BCUT2D eigenvalue weighted by Gasteiger charge is -2.10. The third kappa shape index (κ3) is 1.70. The maximum Gasteiger partial charge on any atom is 0.140 e. The second kappa shape index (κ2) is 4.05. The van der Waals surface area contributed by atoms with Crippen molar-refractivity contribution in [2.24, 2.45) is 23.7 Å². The fourth-order valence-corrected chi connectivity index (χ4v) is 4.60. The number of nitrogens with zero attached hydrogens (tertiary/aromatic N) is 1. The molecule has 0 aromatic heterocycles. The summed E-state index contributed by atoms with van der Waals surface area (Å²) in [6.07, 6.45) is 4.32. The summed E-state index contributed by atoms with van der Waals surface area (Å²) in [5, 5.41) is 12.4. The monoisotopic (exact) mass is 256 g/mol. The van der Waals surface area contributed by atoms with Crippen LogP contribution in [0.3, 0.4) is 0 Å². The SMILES string of the molecule is N#Cc1cc(CNC2C3C4CCC(C4)C23)ccc1F. The van der Waals surface area contributed by atoms with Gasteiger partial charge in [-0.1, -0.05) is 6.07 Å². The van der Waals surface area contributed by atoms with Gasteiger partial charge in [-0.05, 0) is 60.6 Å². The molecule has 0 amide bonds. The van der Waals surface area contributed by atoms with Gasteiger partial charge in [-0.25, -0.2) is 4.39 Å². The minimum absolute atomic E-state index is 0.148. The molecule has 3 aliphatic rings. The smallest absolute Gasteiger partial charge is 0.140 e. The largest absolute Gasteiger partial charge is 0.309 e. The van der Waals surface area contributed by atoms with Gasteiger partial charge in [-0.3, -0.25) is 0 Å². The number of nitriles is 1. The van der Waals surface area contributed by atoms with Gasteiger partial charge in [0.15, 0.2) is 0 Å². The van der Waals surface area contributed by atoms with Gasteiger partial charge in [0.05, 0.1) is 5.56 Å². The predicted molar refractivity (Wildman–Crippen MR) is 69.6 cm³/mol. The molecule has 4 rings (SSSR count). The van der Waals surface area contributed by atoms with Crippen molar-refractivity contribution in [3.05, 3.63) is 35.1 Å². The molecular weight excluding hydrogens is 239 g/mol. The molecule has 2 bridgehead atoms. The summed E-state index contributed by atoms with van der Waals surface area (Å²) in [5.74, 6) is 3.34. The summed E-state index contributed by atoms with van der Waals surface area (Å²) in [7, 11) is 0. The molecule has 3 aliphatic carbocycles. The summed E-state index contributed by atoms with van der Waals surface area (Å²) in [6, 6.07) is 7.41. The zero-order chi connectivity index (χ0) is 13.0. The highest BCUT2D eigenvalue weighted by atomic mass is 19.1. The first-order valence-electron chi connectivity index (χ1n) is 7.20. The van der Waals surface area contributed by atoms with Gasteiger partial charge in [0.2, 0.25) is 0 Å². The number of nitrogens with one attached hydrogen (secondary N) is 1. The Morgan fingerprint density at radius 3 is 2.68 bits per heavy atom. The second-order valence-corrected chi connectivity index (χ2v) is 6.32. The van der Waals surface area contributed by atoms with Gasteiger partial charge in [0, 0.05) is 12.6 Å². The Balaban J connectivity index is 1.40. The van der Waals surface area contributed by atoms with Gasteiger partial charge in [0.1, 0.15) is 11.9 Å². The van der Waals surface area contributed by atoms with Crippen LogP contribution in [0.4, 0.5) is 4.39 Å². The highest BCUT2D eigenvalue weighted by Gasteiger charge is 2.64. The number of hydrogen-bond donors (Lipinski definition) is 1. The van der Waals surface area contributed by atoms with Crippen molar-refractivity contribution in [3.63, 3.8) is 0 Å². The van der Waals surface area contributed by atoms with Crippen LogP contribution in [-0.4, -0.2) is 6.04 Å². The minimum Gasteiger partial charge on any atom is -0.309 e. The highest BCUT2D eigenvalue weighted by Crippen LogP contribution is 2.65. The van der Waals surface area contributed by atoms with Crippen LogP contribution in [0.15, 0.2) is 18.2 Å². The van der Waals surface area contributed by atoms with Crippen LogP contribution >= 0.6 is 0 Å². The molecule has 0 saturated heterocycles. The molecule has 3 saturated carbocycles. The van der Waals surface area contributed by atoms with Gasteiger partial charge < -0.3 is 5.32 Å². The molecule has 1 N–H and O–H groups in total. The van der Waals surface area contributed by atoms with Crippen molar-refractivity contribution in [3.8, 4) is 6.07 Å². The van der Waals surface area contributed by atoms with Crippen LogP contribution in [-0.2, 0) is 6.54 Å². The highest BCUT2D eigenvalue weighted by molar-refractivity contribution is 5.34. The van der Waals surface area contributed by atoms with Crippen molar-refractivity contribution in [1.29, 1.82) is 5.26 Å². The molecule has 0 heterocycles. The summed E-state index contributed by atoms with van der Waals surface area (Å²) < 4.78 is 13.2. The van der Waals surface area contributed by atoms with Gasteiger partial charge >= 0.3 is 0 Å². The van der Waals surface area contributed by atoms with Crippen molar-refractivity contribution >= 4 is 0 Å². The standard InChI is InChI=1S/C16H17FN2/c17-13-4-1-9(5-12(13)7-18)8-19-16-14-10-2-3-11(6-10)15(14)16/h1,4-5,10-11,14-16,19H,2-3,6,8H2. The average Bonchev–Trinajstić information content (AvgIpc) is 2.81. The summed E-state index contributed by atoms with van der Waals surface area (Å²) in [4.78, 5) is 0. The fourth-order valence-electron chi connectivity index (χ4n) is 4.60. The summed E-state index contributed by atoms with van der Waals surface area (Å²) in [5.41, 5.74) is 1.16. The number of rotatable bonds is 3. The second-order valence-electron chi connectivity index (χ2n) is 6.32. The zero-order valence-corrected chi connectivity index (χ0v) is 10.8. The van der Waals surface area contributed by atoms with Crippen LogP contribution in [0, 0.1) is 40.8 Å². The summed E-state index contributed by atoms with van der Waals surface area (Å²) >= 11 is 0. The lowest BCUT2D eigenvalue weighted by atomic mass is 10.0. The van der Waals surface area contributed by atoms with Crippen molar-refractivity contribution in [2.45, 2.75) is 31.8 Å². The van der Waals surface area contributed by atoms with Crippen LogP contribution in [0.2, 0.25) is 0 Å². The molecular formula is C16H17FN2. The Kier molecular flexibility index (Phi) is 2.43. The quantitative estimate of drug-likeness (QED) is 0.902. The molecule has 3 heteroatoms. The third-order valence-electron chi connectivity index (χ3n) is 5.43. The molecule has 19 heavy (non-hydrogen) atoms. The number of hydrogen-bond acceptors (Lipinski definition) is 2. The lowest BCUT2D eigenvalue weighted by Crippen LogP contribution is -2.22. The Morgan fingerprint density at radius 1 is 1.26 bits per heavy atom. The van der Waals surface area contributed by atoms with Crippen LogP contribution in [0.25, 0.3) is 0 Å². The van der Waals surface area contributed by atoms with E-state index in [0.717, 1.165) is 35.8 Å². The molecule has 2 nitrogen and oxygen atoms in total. The van der Waals surface area contributed by atoms with Gasteiger partial charge in [-0.2, -0.15) is 5.26 Å². The Bertz CT molecular complexity index is 546. The Labute approximate surface area is 112 Å². The van der Waals surface area contributed by atoms with Gasteiger partial charge in [0.25, 0.3) is 0 Å². The first-order chi connectivity index (χ1) is 9.28. The molecule has 3 fully saturated rings. The minimum atomic E-state index is -0.424. The Morgan fingerprint density at radius 2 is 2.00 bits per heavy atom. The summed E-state index contributed by atoms with van der Waals surface area (Å²) in [6.45, 7) is 0.756. The van der Waals surface area contributed by atoms with E-state index in [-0.39, 0.29) is 5.56 Å². The third-order valence-corrected chi connectivity index (χ3v) is 5.43. The predicted octanol–water partition coefficient (Wildman–Crippen LogP) is 2.83. The van der Waals surface area contributed by atoms with E-state index < -0.39 is 5.82 Å². The molecule has 1 aromatic carbocycles. The fraction of sp³-hybridized carbons (Fsp3) is 0.562. The van der Waals surface area contributed by atoms with E-state index in [1.165, 1.54) is 25.3 Å². The van der Waals surface area contributed by atoms with E-state index in [1.807, 2.05) is 6.07 Å². The first kappa shape index (κ1) is 11.4. The van der Waals surface area contributed by atoms with E-state index in [2.05, 4.69) is 5.32 Å². The van der Waals surface area contributed by atoms with E-state index in [1.54, 1.807) is 12.1 Å². The molecule has 0 spiro atoms. The maximum absolute atomic E-state index is 13.2. The molecule has 4 unspecified atom stereocenters. The van der Waals surface area contributed by atoms with Crippen molar-refractivity contribution < 1.29 is 4.39 Å². The van der Waals surface area contributed by atoms with Crippen molar-refractivity contribution in [2.75, 3.05) is 0 Å². The molecule has 1 aromatic rings. The van der Waals surface area contributed by atoms with Crippen molar-refractivity contribution in [1.82, 2.24) is 5.32 Å². The molecule has 4 atom stereocenters. The van der Waals surface area contributed by atoms with Crippen LogP contribution in [0.5, 0.6) is 0 Å². The van der Waals surface area contributed by atoms with Gasteiger partial charge in [-0.15, -0.1) is 0 Å². The number of halogens is 1. The normalized spacial score (nSPS) is 38.0. The number of fused-ring (bicyclic) bond motifs is 5.